The number of hydrogen-bond donors (Lipinski definition) is 2. The highest BCUT2D eigenvalue weighted by Crippen LogP contribution is 2.20. The number of thiocarbonyl (C=S) groups is 1. The van der Waals surface area contributed by atoms with E-state index in [1.54, 1.807) is 13.3 Å². The predicted molar refractivity (Wildman–Crippen MR) is 92.4 cm³/mol. The molecule has 0 spiro atoms. The molecule has 110 valence electrons. The minimum atomic E-state index is 0.499. The molecule has 0 fully saturated rings. The van der Waals surface area contributed by atoms with E-state index in [0.717, 1.165) is 16.9 Å². The molecule has 0 saturated heterocycles. The average molecular weight is 300 g/mol. The second-order valence-corrected chi connectivity index (χ2v) is 5.35. The molecule has 0 unspecified atom stereocenters. The van der Waals surface area contributed by atoms with Crippen molar-refractivity contribution in [2.45, 2.75) is 20.8 Å². The minimum absolute atomic E-state index is 0.499. The molecular formula is C16H20N4S. The summed E-state index contributed by atoms with van der Waals surface area (Å²) in [7, 11) is 1.76. The van der Waals surface area contributed by atoms with Crippen LogP contribution in [0.15, 0.2) is 35.4 Å². The molecule has 2 N–H and O–H groups in total. The molecule has 5 heteroatoms. The third-order valence-corrected chi connectivity index (χ3v) is 3.65. The molecule has 0 aliphatic carbocycles. The molecule has 0 saturated carbocycles. The number of nitrogens with zero attached hydrogens (tertiary/aromatic N) is 2. The first-order chi connectivity index (χ1) is 10.0. The van der Waals surface area contributed by atoms with E-state index < -0.39 is 0 Å². The van der Waals surface area contributed by atoms with Gasteiger partial charge in [0.1, 0.15) is 0 Å². The van der Waals surface area contributed by atoms with Crippen LogP contribution in [0.4, 0.5) is 0 Å². The van der Waals surface area contributed by atoms with Crippen molar-refractivity contribution in [3.63, 3.8) is 0 Å². The van der Waals surface area contributed by atoms with Gasteiger partial charge in [0, 0.05) is 29.7 Å². The maximum atomic E-state index is 4.98. The Balaban J connectivity index is 2.29. The summed E-state index contributed by atoms with van der Waals surface area (Å²) in [6.07, 6.45) is 1.79. The van der Waals surface area contributed by atoms with Gasteiger partial charge in [-0.15, -0.1) is 0 Å². The Bertz CT molecular complexity index is 668. The van der Waals surface area contributed by atoms with Gasteiger partial charge in [0.05, 0.1) is 6.21 Å². The number of nitrogens with one attached hydrogen (secondary N) is 2. The number of rotatable bonds is 3. The molecule has 0 amide bonds. The topological polar surface area (TPSA) is 41.4 Å². The van der Waals surface area contributed by atoms with Crippen LogP contribution in [0.5, 0.6) is 0 Å². The van der Waals surface area contributed by atoms with Crippen molar-refractivity contribution in [2.75, 3.05) is 7.05 Å². The standard InChI is InChI=1S/C16H20N4S/c1-11-5-7-15(8-6-11)20-12(2)9-14(13(20)3)10-18-19-16(21)17-4/h5-10H,1-4H3,(H2,17,19,21)/b18-10+. The summed E-state index contributed by atoms with van der Waals surface area (Å²) in [5.41, 5.74) is 8.58. The zero-order valence-electron chi connectivity index (χ0n) is 12.8. The summed E-state index contributed by atoms with van der Waals surface area (Å²) in [6, 6.07) is 10.6. The van der Waals surface area contributed by atoms with Crippen LogP contribution < -0.4 is 10.7 Å². The smallest absolute Gasteiger partial charge is 0.186 e. The lowest BCUT2D eigenvalue weighted by molar-refractivity contribution is 0.961. The van der Waals surface area contributed by atoms with Crippen molar-refractivity contribution >= 4 is 23.5 Å². The van der Waals surface area contributed by atoms with E-state index in [9.17, 15) is 0 Å². The highest BCUT2D eigenvalue weighted by Gasteiger charge is 2.09. The Hall–Kier alpha value is -2.14. The molecule has 0 bridgehead atoms. The Kier molecular flexibility index (Phi) is 4.75. The van der Waals surface area contributed by atoms with E-state index in [0.29, 0.717) is 5.11 Å². The maximum Gasteiger partial charge on any atom is 0.186 e. The molecule has 1 heterocycles. The van der Waals surface area contributed by atoms with Gasteiger partial charge in [-0.25, -0.2) is 0 Å². The van der Waals surface area contributed by atoms with Crippen LogP contribution in [-0.4, -0.2) is 22.9 Å². The van der Waals surface area contributed by atoms with Crippen molar-refractivity contribution in [3.05, 3.63) is 52.8 Å². The lowest BCUT2D eigenvalue weighted by Crippen LogP contribution is -2.28. The molecule has 21 heavy (non-hydrogen) atoms. The van der Waals surface area contributed by atoms with Gasteiger partial charge in [0.25, 0.3) is 0 Å². The number of aryl methyl sites for hydroxylation is 2. The predicted octanol–water partition coefficient (Wildman–Crippen LogP) is 2.83. The summed E-state index contributed by atoms with van der Waals surface area (Å²) in [4.78, 5) is 0. The highest BCUT2D eigenvalue weighted by atomic mass is 32.1. The summed E-state index contributed by atoms with van der Waals surface area (Å²) >= 11 is 4.98. The van der Waals surface area contributed by atoms with Gasteiger partial charge in [0.15, 0.2) is 5.11 Å². The quantitative estimate of drug-likeness (QED) is 0.520. The minimum Gasteiger partial charge on any atom is -0.364 e. The highest BCUT2D eigenvalue weighted by molar-refractivity contribution is 7.80. The first-order valence-corrected chi connectivity index (χ1v) is 7.20. The van der Waals surface area contributed by atoms with E-state index in [4.69, 9.17) is 12.2 Å². The van der Waals surface area contributed by atoms with Crippen LogP contribution in [0, 0.1) is 20.8 Å². The van der Waals surface area contributed by atoms with Crippen molar-refractivity contribution in [1.82, 2.24) is 15.3 Å². The molecule has 2 aromatic rings. The first-order valence-electron chi connectivity index (χ1n) is 6.79. The third-order valence-electron chi connectivity index (χ3n) is 3.36. The van der Waals surface area contributed by atoms with Crippen LogP contribution in [0.3, 0.4) is 0 Å². The van der Waals surface area contributed by atoms with Crippen molar-refractivity contribution < 1.29 is 0 Å². The van der Waals surface area contributed by atoms with Crippen molar-refractivity contribution in [1.29, 1.82) is 0 Å². The largest absolute Gasteiger partial charge is 0.364 e. The Morgan fingerprint density at radius 3 is 2.48 bits per heavy atom. The fourth-order valence-corrected chi connectivity index (χ4v) is 2.28. The number of hydrazone groups is 1. The molecule has 0 aliphatic heterocycles. The molecular weight excluding hydrogens is 280 g/mol. The van der Waals surface area contributed by atoms with Gasteiger partial charge in [-0.2, -0.15) is 5.10 Å². The zero-order chi connectivity index (χ0) is 15.4. The van der Waals surface area contributed by atoms with Gasteiger partial charge in [-0.05, 0) is 51.2 Å². The number of benzene rings is 1. The number of hydrogen-bond acceptors (Lipinski definition) is 2. The molecule has 1 aromatic heterocycles. The van der Waals surface area contributed by atoms with E-state index >= 15 is 0 Å². The zero-order valence-corrected chi connectivity index (χ0v) is 13.6. The lowest BCUT2D eigenvalue weighted by Gasteiger charge is -2.09. The van der Waals surface area contributed by atoms with Crippen LogP contribution >= 0.6 is 12.2 Å². The average Bonchev–Trinajstić information content (AvgIpc) is 2.75. The van der Waals surface area contributed by atoms with Crippen LogP contribution in [-0.2, 0) is 0 Å². The van der Waals surface area contributed by atoms with Crippen LogP contribution in [0.2, 0.25) is 0 Å². The number of aromatic nitrogens is 1. The normalized spacial score (nSPS) is 10.9. The van der Waals surface area contributed by atoms with Gasteiger partial charge >= 0.3 is 0 Å². The SMILES string of the molecule is CNC(=S)N/N=C/c1cc(C)n(-c2ccc(C)cc2)c1C. The Morgan fingerprint density at radius 1 is 1.19 bits per heavy atom. The van der Waals surface area contributed by atoms with Gasteiger partial charge in [-0.1, -0.05) is 17.7 Å². The molecule has 0 atom stereocenters. The molecule has 0 aliphatic rings. The van der Waals surface area contributed by atoms with Gasteiger partial charge in [0.2, 0.25) is 0 Å². The van der Waals surface area contributed by atoms with E-state index in [1.165, 1.54) is 11.3 Å². The summed E-state index contributed by atoms with van der Waals surface area (Å²) < 4.78 is 2.22. The fourth-order valence-electron chi connectivity index (χ4n) is 2.23. The second-order valence-electron chi connectivity index (χ2n) is 4.95. The first kappa shape index (κ1) is 15.3. The van der Waals surface area contributed by atoms with E-state index in [-0.39, 0.29) is 0 Å². The van der Waals surface area contributed by atoms with Crippen molar-refractivity contribution in [2.24, 2.45) is 5.10 Å². The molecule has 2 rings (SSSR count). The third kappa shape index (κ3) is 3.49. The summed E-state index contributed by atoms with van der Waals surface area (Å²) in [5, 5.41) is 7.46. The van der Waals surface area contributed by atoms with Crippen LogP contribution in [0.25, 0.3) is 5.69 Å². The van der Waals surface area contributed by atoms with E-state index in [1.807, 2.05) is 0 Å². The maximum absolute atomic E-state index is 4.98. The van der Waals surface area contributed by atoms with Gasteiger partial charge < -0.3 is 9.88 Å². The molecule has 4 nitrogen and oxygen atoms in total. The van der Waals surface area contributed by atoms with E-state index in [2.05, 4.69) is 71.5 Å². The Morgan fingerprint density at radius 2 is 1.86 bits per heavy atom. The monoisotopic (exact) mass is 300 g/mol. The van der Waals surface area contributed by atoms with Gasteiger partial charge in [-0.3, -0.25) is 5.43 Å². The summed E-state index contributed by atoms with van der Waals surface area (Å²) in [6.45, 7) is 6.27. The fraction of sp³-hybridized carbons (Fsp3) is 0.250. The lowest BCUT2D eigenvalue weighted by atomic mass is 10.2. The van der Waals surface area contributed by atoms with Crippen molar-refractivity contribution in [3.8, 4) is 5.69 Å². The molecule has 1 aromatic carbocycles. The summed E-state index contributed by atoms with van der Waals surface area (Å²) in [5.74, 6) is 0. The van der Waals surface area contributed by atoms with Crippen LogP contribution in [0.1, 0.15) is 22.5 Å². The molecule has 0 radical (unpaired) electrons. The second kappa shape index (κ2) is 6.54. The Labute approximate surface area is 130 Å².